The summed E-state index contributed by atoms with van der Waals surface area (Å²) in [5.74, 6) is -0.474. The average molecular weight is 327 g/mol. The lowest BCUT2D eigenvalue weighted by Gasteiger charge is -2.19. The molecule has 0 saturated heterocycles. The van der Waals surface area contributed by atoms with Crippen molar-refractivity contribution in [3.8, 4) is 5.69 Å². The van der Waals surface area contributed by atoms with E-state index in [0.29, 0.717) is 5.69 Å². The lowest BCUT2D eigenvalue weighted by molar-refractivity contribution is 0.0635. The summed E-state index contributed by atoms with van der Waals surface area (Å²) >= 11 is 0. The first-order valence-electron chi connectivity index (χ1n) is 6.80. The number of nitrogens with one attached hydrogen (secondary N) is 1. The zero-order chi connectivity index (χ0) is 17.2. The summed E-state index contributed by atoms with van der Waals surface area (Å²) in [5.41, 5.74) is -0.930. The Hall–Kier alpha value is -2.51. The van der Waals surface area contributed by atoms with Crippen molar-refractivity contribution in [3.63, 3.8) is 0 Å². The second-order valence-electron chi connectivity index (χ2n) is 5.77. The van der Waals surface area contributed by atoms with Gasteiger partial charge < -0.3 is 4.74 Å². The molecule has 2 rings (SSSR count). The van der Waals surface area contributed by atoms with Crippen LogP contribution in [0.4, 0.5) is 23.8 Å². The van der Waals surface area contributed by atoms with Crippen LogP contribution in [0.3, 0.4) is 0 Å². The highest BCUT2D eigenvalue weighted by Gasteiger charge is 2.21. The summed E-state index contributed by atoms with van der Waals surface area (Å²) in [5, 5.41) is 6.10. The maximum atomic E-state index is 13.0. The van der Waals surface area contributed by atoms with Gasteiger partial charge in [-0.2, -0.15) is 5.10 Å². The number of benzene rings is 1. The minimum atomic E-state index is -2.81. The van der Waals surface area contributed by atoms with Crippen LogP contribution < -0.4 is 5.32 Å². The number of hydrogen-bond acceptors (Lipinski definition) is 3. The van der Waals surface area contributed by atoms with Crippen LogP contribution in [0.2, 0.25) is 0 Å². The third-order valence-corrected chi connectivity index (χ3v) is 2.65. The summed E-state index contributed by atoms with van der Waals surface area (Å²) in [4.78, 5) is 11.8. The van der Waals surface area contributed by atoms with Crippen LogP contribution in [0.5, 0.6) is 0 Å². The van der Waals surface area contributed by atoms with Crippen LogP contribution in [-0.2, 0) is 4.74 Å². The van der Waals surface area contributed by atoms with Gasteiger partial charge in [-0.3, -0.25) is 5.32 Å². The first-order valence-corrected chi connectivity index (χ1v) is 6.80. The van der Waals surface area contributed by atoms with E-state index in [0.717, 1.165) is 22.9 Å². The SMILES string of the molecule is CC(C)(C)OC(=O)Nc1cc(C(F)F)nn1-c1ccc(F)cc1. The number of carbonyl (C=O) groups excluding carboxylic acids is 1. The van der Waals surface area contributed by atoms with E-state index in [2.05, 4.69) is 10.4 Å². The van der Waals surface area contributed by atoms with Gasteiger partial charge in [0.2, 0.25) is 0 Å². The van der Waals surface area contributed by atoms with Crippen molar-refractivity contribution >= 4 is 11.9 Å². The van der Waals surface area contributed by atoms with Crippen molar-refractivity contribution in [1.82, 2.24) is 9.78 Å². The normalized spacial score (nSPS) is 11.6. The van der Waals surface area contributed by atoms with Gasteiger partial charge in [0, 0.05) is 6.07 Å². The molecular formula is C15H16F3N3O2. The maximum absolute atomic E-state index is 13.0. The van der Waals surface area contributed by atoms with Gasteiger partial charge in [0.25, 0.3) is 6.43 Å². The molecule has 1 aromatic carbocycles. The molecule has 0 aliphatic rings. The molecule has 2 aromatic rings. The van der Waals surface area contributed by atoms with Crippen molar-refractivity contribution in [1.29, 1.82) is 0 Å². The van der Waals surface area contributed by atoms with Crippen LogP contribution in [-0.4, -0.2) is 21.5 Å². The van der Waals surface area contributed by atoms with Crippen LogP contribution in [0.15, 0.2) is 30.3 Å². The van der Waals surface area contributed by atoms with Gasteiger partial charge in [0.1, 0.15) is 22.9 Å². The van der Waals surface area contributed by atoms with Crippen LogP contribution >= 0.6 is 0 Å². The van der Waals surface area contributed by atoms with E-state index in [1.807, 2.05) is 0 Å². The van der Waals surface area contributed by atoms with Crippen molar-refractivity contribution in [3.05, 3.63) is 41.8 Å². The van der Waals surface area contributed by atoms with Crippen LogP contribution in [0.1, 0.15) is 32.9 Å². The Morgan fingerprint density at radius 1 is 1.26 bits per heavy atom. The molecule has 0 aliphatic heterocycles. The second kappa shape index (κ2) is 6.31. The molecule has 0 bridgehead atoms. The average Bonchev–Trinajstić information content (AvgIpc) is 2.81. The Morgan fingerprint density at radius 3 is 2.39 bits per heavy atom. The molecule has 0 aliphatic carbocycles. The number of nitrogens with zero attached hydrogens (tertiary/aromatic N) is 2. The molecule has 0 radical (unpaired) electrons. The highest BCUT2D eigenvalue weighted by atomic mass is 19.3. The number of anilines is 1. The number of rotatable bonds is 3. The standard InChI is InChI=1S/C15H16F3N3O2/c1-15(2,3)23-14(22)19-12-8-11(13(17)18)20-21(12)10-6-4-9(16)5-7-10/h4-8,13H,1-3H3,(H,19,22). The summed E-state index contributed by atoms with van der Waals surface area (Å²) in [6.07, 6.45) is -3.61. The molecule has 1 heterocycles. The molecule has 0 atom stereocenters. The quantitative estimate of drug-likeness (QED) is 0.914. The Kier molecular flexibility index (Phi) is 4.63. The van der Waals surface area contributed by atoms with E-state index < -0.39 is 29.6 Å². The predicted octanol–water partition coefficient (Wildman–Crippen LogP) is 4.30. The fraction of sp³-hybridized carbons (Fsp3) is 0.333. The zero-order valence-corrected chi connectivity index (χ0v) is 12.8. The van der Waals surface area contributed by atoms with E-state index in [1.165, 1.54) is 12.1 Å². The third-order valence-electron chi connectivity index (χ3n) is 2.65. The van der Waals surface area contributed by atoms with E-state index in [4.69, 9.17) is 4.74 Å². The molecule has 8 heteroatoms. The summed E-state index contributed by atoms with van der Waals surface area (Å²) in [6.45, 7) is 5.03. The van der Waals surface area contributed by atoms with Gasteiger partial charge in [-0.15, -0.1) is 0 Å². The summed E-state index contributed by atoms with van der Waals surface area (Å²) in [6, 6.07) is 6.08. The number of alkyl halides is 2. The molecule has 124 valence electrons. The minimum absolute atomic E-state index is 0.00107. The lowest BCUT2D eigenvalue weighted by atomic mass is 10.2. The van der Waals surface area contributed by atoms with E-state index in [-0.39, 0.29) is 5.82 Å². The fourth-order valence-corrected chi connectivity index (χ4v) is 1.78. The molecule has 23 heavy (non-hydrogen) atoms. The smallest absolute Gasteiger partial charge is 0.413 e. The Morgan fingerprint density at radius 2 is 1.87 bits per heavy atom. The topological polar surface area (TPSA) is 56.1 Å². The highest BCUT2D eigenvalue weighted by molar-refractivity contribution is 5.84. The van der Waals surface area contributed by atoms with Crippen LogP contribution in [0.25, 0.3) is 5.69 Å². The van der Waals surface area contributed by atoms with Crippen molar-refractivity contribution in [2.24, 2.45) is 0 Å². The van der Waals surface area contributed by atoms with Gasteiger partial charge in [0.05, 0.1) is 5.69 Å². The Bertz CT molecular complexity index is 691. The van der Waals surface area contributed by atoms with Crippen molar-refractivity contribution in [2.45, 2.75) is 32.8 Å². The maximum Gasteiger partial charge on any atom is 0.413 e. The highest BCUT2D eigenvalue weighted by Crippen LogP contribution is 2.24. The molecule has 5 nitrogen and oxygen atoms in total. The molecule has 1 aromatic heterocycles. The fourth-order valence-electron chi connectivity index (χ4n) is 1.78. The number of hydrogen-bond donors (Lipinski definition) is 1. The third kappa shape index (κ3) is 4.48. The monoisotopic (exact) mass is 327 g/mol. The molecule has 0 saturated carbocycles. The van der Waals surface area contributed by atoms with Crippen molar-refractivity contribution in [2.75, 3.05) is 5.32 Å². The first-order chi connectivity index (χ1) is 10.7. The van der Waals surface area contributed by atoms with Gasteiger partial charge in [-0.05, 0) is 45.0 Å². The summed E-state index contributed by atoms with van der Waals surface area (Å²) in [7, 11) is 0. The number of ether oxygens (including phenoxy) is 1. The number of halogens is 3. The Labute approximate surface area is 131 Å². The van der Waals surface area contributed by atoms with Crippen molar-refractivity contribution < 1.29 is 22.7 Å². The van der Waals surface area contributed by atoms with Gasteiger partial charge in [-0.1, -0.05) is 0 Å². The van der Waals surface area contributed by atoms with E-state index >= 15 is 0 Å². The number of amides is 1. The minimum Gasteiger partial charge on any atom is -0.444 e. The molecule has 1 N–H and O–H groups in total. The largest absolute Gasteiger partial charge is 0.444 e. The lowest BCUT2D eigenvalue weighted by Crippen LogP contribution is -2.27. The van der Waals surface area contributed by atoms with Gasteiger partial charge in [0.15, 0.2) is 0 Å². The first kappa shape index (κ1) is 16.9. The molecule has 0 spiro atoms. The van der Waals surface area contributed by atoms with E-state index in [1.54, 1.807) is 20.8 Å². The number of carbonyl (C=O) groups is 1. The van der Waals surface area contributed by atoms with E-state index in [9.17, 15) is 18.0 Å². The summed E-state index contributed by atoms with van der Waals surface area (Å²) < 4.78 is 44.9. The molecule has 0 fully saturated rings. The van der Waals surface area contributed by atoms with Crippen LogP contribution in [0, 0.1) is 5.82 Å². The predicted molar refractivity (Wildman–Crippen MR) is 78.3 cm³/mol. The zero-order valence-electron chi connectivity index (χ0n) is 12.8. The Balaban J connectivity index is 2.34. The molecule has 0 unspecified atom stereocenters. The molecular weight excluding hydrogens is 311 g/mol. The van der Waals surface area contributed by atoms with Gasteiger partial charge >= 0.3 is 6.09 Å². The number of aromatic nitrogens is 2. The van der Waals surface area contributed by atoms with Gasteiger partial charge in [-0.25, -0.2) is 22.6 Å². The molecule has 1 amide bonds. The second-order valence-corrected chi connectivity index (χ2v) is 5.77.